The molecule has 0 aliphatic rings. The molecule has 0 rings (SSSR count). The molecule has 40 valence electrons. The fourth-order valence-electron chi connectivity index (χ4n) is 0.321. The van der Waals surface area contributed by atoms with Gasteiger partial charge < -0.3 is 5.73 Å². The van der Waals surface area contributed by atoms with Crippen molar-refractivity contribution in [3.63, 3.8) is 0 Å². The van der Waals surface area contributed by atoms with Crippen LogP contribution in [0.5, 0.6) is 0 Å². The van der Waals surface area contributed by atoms with Crippen LogP contribution in [0.2, 0.25) is 0 Å². The van der Waals surface area contributed by atoms with Gasteiger partial charge in [0.15, 0.2) is 5.78 Å². The molecule has 3 heteroatoms. The Morgan fingerprint density at radius 3 is 1.88 bits per heavy atom. The van der Waals surface area contributed by atoms with Gasteiger partial charge in [-0.25, -0.2) is 0 Å². The quantitative estimate of drug-likeness (QED) is 0.307. The van der Waals surface area contributed by atoms with E-state index in [1.54, 1.807) is 6.92 Å². The maximum absolute atomic E-state index is 10.1. The molecule has 0 unspecified atom stereocenters. The van der Waals surface area contributed by atoms with E-state index in [4.69, 9.17) is 5.73 Å². The number of allylic oxidation sites excluding steroid dienone is 2. The first-order valence-corrected chi connectivity index (χ1v) is 2.07. The number of nitrogens with two attached hydrogens (primary N) is 1. The summed E-state index contributed by atoms with van der Waals surface area (Å²) in [5.74, 6) is 0.000000000000000444. The average Bonchev–Trinajstić information content (AvgIpc) is 1.27. The molecular weight excluding hydrogens is 113 g/mol. The Bertz CT molecular complexity index is 105. The van der Waals surface area contributed by atoms with Gasteiger partial charge in [-0.3, -0.25) is 4.79 Å². The van der Waals surface area contributed by atoms with E-state index in [0.717, 1.165) is 0 Å². The Hall–Kier alpha value is 0.210. The monoisotopic (exact) mass is 122 g/mol. The second kappa shape index (κ2) is 5.35. The van der Waals surface area contributed by atoms with Gasteiger partial charge in [-0.05, 0) is 19.9 Å². The molecule has 0 fully saturated rings. The molecule has 0 aromatic rings. The third kappa shape index (κ3) is 9.51. The van der Waals surface area contributed by atoms with Crippen LogP contribution in [0.4, 0.5) is 0 Å². The summed E-state index contributed by atoms with van der Waals surface area (Å²) in [6.45, 7) is 3.15. The third-order valence-corrected chi connectivity index (χ3v) is 0.431. The molecule has 0 heterocycles. The van der Waals surface area contributed by atoms with Gasteiger partial charge in [-0.1, -0.05) is 0 Å². The fourth-order valence-corrected chi connectivity index (χ4v) is 0.321. The van der Waals surface area contributed by atoms with Crippen molar-refractivity contribution in [1.82, 2.24) is 0 Å². The molecule has 0 bridgehead atoms. The van der Waals surface area contributed by atoms with Crippen LogP contribution < -0.4 is 35.3 Å². The van der Waals surface area contributed by atoms with E-state index in [9.17, 15) is 4.79 Å². The third-order valence-electron chi connectivity index (χ3n) is 0.431. The van der Waals surface area contributed by atoms with Gasteiger partial charge in [0, 0.05) is 5.70 Å². The van der Waals surface area contributed by atoms with Gasteiger partial charge in [-0.15, -0.1) is 0 Å². The van der Waals surface area contributed by atoms with Gasteiger partial charge >= 0.3 is 29.6 Å². The smallest absolute Gasteiger partial charge is 0.402 e. The molecule has 2 nitrogen and oxygen atoms in total. The molecule has 0 saturated heterocycles. The number of rotatable bonds is 1. The Morgan fingerprint density at radius 2 is 1.88 bits per heavy atom. The first-order chi connectivity index (χ1) is 3.13. The van der Waals surface area contributed by atoms with Gasteiger partial charge in [0.2, 0.25) is 0 Å². The molecule has 0 aliphatic carbocycles. The molecule has 0 spiro atoms. The number of hydrogen-bond acceptors (Lipinski definition) is 2. The van der Waals surface area contributed by atoms with Crippen LogP contribution in [0, 0.1) is 0 Å². The zero-order valence-electron chi connectivity index (χ0n) is 5.56. The summed E-state index contributed by atoms with van der Waals surface area (Å²) < 4.78 is 0. The predicted octanol–water partition coefficient (Wildman–Crippen LogP) is -2.56. The molecule has 8 heavy (non-hydrogen) atoms. The van der Waals surface area contributed by atoms with Gasteiger partial charge in [-0.2, -0.15) is 0 Å². The van der Waals surface area contributed by atoms with E-state index in [0.29, 0.717) is 5.70 Å². The van der Waals surface area contributed by atoms with E-state index in [-0.39, 0.29) is 35.3 Å². The molecule has 0 amide bonds. The second-order valence-corrected chi connectivity index (χ2v) is 1.50. The average molecular weight is 122 g/mol. The van der Waals surface area contributed by atoms with Crippen molar-refractivity contribution in [2.45, 2.75) is 13.8 Å². The van der Waals surface area contributed by atoms with Crippen LogP contribution in [0.1, 0.15) is 13.8 Å². The van der Waals surface area contributed by atoms with Gasteiger partial charge in [0.1, 0.15) is 0 Å². The van der Waals surface area contributed by atoms with E-state index in [1.165, 1.54) is 13.0 Å². The second-order valence-electron chi connectivity index (χ2n) is 1.50. The maximum atomic E-state index is 10.1. The first kappa shape index (κ1) is 11.1. The minimum Gasteiger partial charge on any atom is -0.402 e. The first-order valence-electron chi connectivity index (χ1n) is 2.07. The van der Waals surface area contributed by atoms with Gasteiger partial charge in [0.05, 0.1) is 0 Å². The Labute approximate surface area is 71.4 Å². The van der Waals surface area contributed by atoms with Crippen molar-refractivity contribution in [3.8, 4) is 0 Å². The zero-order chi connectivity index (χ0) is 5.86. The topological polar surface area (TPSA) is 43.1 Å². The summed E-state index contributed by atoms with van der Waals surface area (Å²) in [5.41, 5.74) is 5.70. The van der Waals surface area contributed by atoms with E-state index in [1.807, 2.05) is 0 Å². The van der Waals surface area contributed by atoms with E-state index in [2.05, 4.69) is 0 Å². The summed E-state index contributed by atoms with van der Waals surface area (Å²) in [6, 6.07) is 0. The van der Waals surface area contributed by atoms with Crippen molar-refractivity contribution >= 4 is 5.78 Å². The van der Waals surface area contributed by atoms with Crippen molar-refractivity contribution in [2.75, 3.05) is 0 Å². The van der Waals surface area contributed by atoms with Crippen LogP contribution in [0.25, 0.3) is 0 Å². The minimum atomic E-state index is 0. The summed E-state index contributed by atoms with van der Waals surface area (Å²) in [4.78, 5) is 10.1. The molecule has 0 radical (unpaired) electrons. The van der Waals surface area contributed by atoms with Crippen molar-refractivity contribution in [2.24, 2.45) is 5.73 Å². The van der Waals surface area contributed by atoms with Crippen LogP contribution >= 0.6 is 0 Å². The van der Waals surface area contributed by atoms with E-state index < -0.39 is 0 Å². The van der Waals surface area contributed by atoms with Gasteiger partial charge in [0.25, 0.3) is 0 Å². The number of carbonyl (C=O) groups is 1. The summed E-state index contributed by atoms with van der Waals surface area (Å²) in [6.07, 6.45) is 1.39. The van der Waals surface area contributed by atoms with Crippen LogP contribution in [0.3, 0.4) is 0 Å². The predicted molar refractivity (Wildman–Crippen MR) is 28.6 cm³/mol. The largest absolute Gasteiger partial charge is 1.00 e. The zero-order valence-corrected chi connectivity index (χ0v) is 7.56. The van der Waals surface area contributed by atoms with Crippen molar-refractivity contribution in [3.05, 3.63) is 11.8 Å². The SMILES string of the molecule is CC(=O)/C=C(/C)N.[Na+]. The van der Waals surface area contributed by atoms with Crippen LogP contribution in [-0.2, 0) is 4.79 Å². The van der Waals surface area contributed by atoms with Crippen molar-refractivity contribution < 1.29 is 34.4 Å². The molecule has 0 atom stereocenters. The molecule has 0 aromatic carbocycles. The summed E-state index contributed by atoms with van der Waals surface area (Å²) >= 11 is 0. The molecule has 2 N–H and O–H groups in total. The molecule has 0 saturated carbocycles. The molecule has 0 aromatic heterocycles. The van der Waals surface area contributed by atoms with Crippen LogP contribution in [-0.4, -0.2) is 5.78 Å². The van der Waals surface area contributed by atoms with Crippen molar-refractivity contribution in [1.29, 1.82) is 0 Å². The Balaban J connectivity index is 0. The minimum absolute atomic E-state index is 0. The summed E-state index contributed by atoms with van der Waals surface area (Å²) in [7, 11) is 0. The Kier molecular flexibility index (Phi) is 7.40. The normalized spacial score (nSPS) is 10.0. The number of carbonyl (C=O) groups excluding carboxylic acids is 1. The van der Waals surface area contributed by atoms with Crippen LogP contribution in [0.15, 0.2) is 11.8 Å². The number of ketones is 1. The maximum Gasteiger partial charge on any atom is 1.00 e. The summed E-state index contributed by atoms with van der Waals surface area (Å²) in [5, 5.41) is 0. The molecular formula is C5H9NNaO+. The standard InChI is InChI=1S/C5H9NO.Na/c1-4(6)3-5(2)7;/h3H,6H2,1-2H3;/q;+1/b4-3-;. The Morgan fingerprint density at radius 1 is 1.50 bits per heavy atom. The molecule has 0 aliphatic heterocycles. The van der Waals surface area contributed by atoms with E-state index >= 15 is 0 Å². The fraction of sp³-hybridized carbons (Fsp3) is 0.400. The number of hydrogen-bond donors (Lipinski definition) is 1.